The molecule has 1 saturated heterocycles. The van der Waals surface area contributed by atoms with Crippen LogP contribution in [-0.2, 0) is 16.1 Å². The molecule has 4 nitrogen and oxygen atoms in total. The summed E-state index contributed by atoms with van der Waals surface area (Å²) >= 11 is 0. The van der Waals surface area contributed by atoms with E-state index in [2.05, 4.69) is 5.32 Å². The van der Waals surface area contributed by atoms with Gasteiger partial charge in [0.25, 0.3) is 0 Å². The van der Waals surface area contributed by atoms with Crippen molar-refractivity contribution >= 4 is 11.8 Å². The Morgan fingerprint density at radius 3 is 2.71 bits per heavy atom. The molecule has 1 aromatic carbocycles. The lowest BCUT2D eigenvalue weighted by Gasteiger charge is -2.23. The first kappa shape index (κ1) is 15.5. The van der Waals surface area contributed by atoms with E-state index in [4.69, 9.17) is 0 Å². The first-order valence-electron chi connectivity index (χ1n) is 7.33. The summed E-state index contributed by atoms with van der Waals surface area (Å²) in [6.07, 6.45) is 1.16. The van der Waals surface area contributed by atoms with Gasteiger partial charge in [-0.25, -0.2) is 4.39 Å². The van der Waals surface area contributed by atoms with Gasteiger partial charge in [0.2, 0.25) is 11.8 Å². The van der Waals surface area contributed by atoms with Crippen molar-refractivity contribution in [2.75, 3.05) is 6.54 Å². The van der Waals surface area contributed by atoms with Crippen LogP contribution in [0.4, 0.5) is 4.39 Å². The normalized spacial score (nSPS) is 19.7. The Hall–Kier alpha value is -1.91. The Balaban J connectivity index is 1.87. The van der Waals surface area contributed by atoms with Crippen LogP contribution in [-0.4, -0.2) is 29.3 Å². The SMILES string of the molecule is CCC(C)N1CC(C(=O)NCc2ccc(F)cc2)CC1=O. The van der Waals surface area contributed by atoms with Gasteiger partial charge in [-0.05, 0) is 31.0 Å². The average Bonchev–Trinajstić information content (AvgIpc) is 2.87. The summed E-state index contributed by atoms with van der Waals surface area (Å²) in [5, 5.41) is 2.82. The summed E-state index contributed by atoms with van der Waals surface area (Å²) in [7, 11) is 0. The molecule has 0 spiro atoms. The minimum absolute atomic E-state index is 0.0475. The molecule has 1 aliphatic heterocycles. The Labute approximate surface area is 124 Å². The number of hydrogen-bond donors (Lipinski definition) is 1. The fraction of sp³-hybridized carbons (Fsp3) is 0.500. The maximum Gasteiger partial charge on any atom is 0.225 e. The number of carbonyl (C=O) groups excluding carboxylic acids is 2. The van der Waals surface area contributed by atoms with Crippen LogP contribution >= 0.6 is 0 Å². The standard InChI is InChI=1S/C16H21FN2O2/c1-3-11(2)19-10-13(8-15(19)20)16(21)18-9-12-4-6-14(17)7-5-12/h4-7,11,13H,3,8-10H2,1-2H3,(H,18,21). The van der Waals surface area contributed by atoms with Gasteiger partial charge in [-0.2, -0.15) is 0 Å². The molecular weight excluding hydrogens is 271 g/mol. The number of likely N-dealkylation sites (tertiary alicyclic amines) is 1. The monoisotopic (exact) mass is 292 g/mol. The molecule has 0 aromatic heterocycles. The number of nitrogens with zero attached hydrogens (tertiary/aromatic N) is 1. The quantitative estimate of drug-likeness (QED) is 0.903. The zero-order valence-electron chi connectivity index (χ0n) is 12.4. The maximum atomic E-state index is 12.8. The highest BCUT2D eigenvalue weighted by Crippen LogP contribution is 2.21. The van der Waals surface area contributed by atoms with Crippen molar-refractivity contribution in [1.82, 2.24) is 10.2 Å². The third-order valence-corrected chi connectivity index (χ3v) is 4.03. The molecule has 0 saturated carbocycles. The van der Waals surface area contributed by atoms with Gasteiger partial charge in [0, 0.05) is 25.6 Å². The zero-order valence-corrected chi connectivity index (χ0v) is 12.4. The summed E-state index contributed by atoms with van der Waals surface area (Å²) in [5.41, 5.74) is 0.841. The summed E-state index contributed by atoms with van der Waals surface area (Å²) in [4.78, 5) is 25.8. The van der Waals surface area contributed by atoms with Gasteiger partial charge in [0.05, 0.1) is 5.92 Å². The van der Waals surface area contributed by atoms with Gasteiger partial charge in [-0.3, -0.25) is 9.59 Å². The number of nitrogens with one attached hydrogen (secondary N) is 1. The Kier molecular flexibility index (Phi) is 4.94. The van der Waals surface area contributed by atoms with Crippen LogP contribution in [0, 0.1) is 11.7 Å². The van der Waals surface area contributed by atoms with E-state index in [9.17, 15) is 14.0 Å². The minimum atomic E-state index is -0.296. The molecule has 2 rings (SSSR count). The second kappa shape index (κ2) is 6.70. The van der Waals surface area contributed by atoms with Gasteiger partial charge in [0.1, 0.15) is 5.82 Å². The molecule has 114 valence electrons. The molecule has 2 unspecified atom stereocenters. The fourth-order valence-corrected chi connectivity index (χ4v) is 2.49. The number of halogens is 1. The fourth-order valence-electron chi connectivity index (χ4n) is 2.49. The number of rotatable bonds is 5. The number of benzene rings is 1. The third kappa shape index (κ3) is 3.80. The molecule has 5 heteroatoms. The summed E-state index contributed by atoms with van der Waals surface area (Å²) in [5.74, 6) is -0.646. The summed E-state index contributed by atoms with van der Waals surface area (Å²) in [6.45, 7) is 4.87. The lowest BCUT2D eigenvalue weighted by molar-refractivity contribution is -0.130. The van der Waals surface area contributed by atoms with E-state index in [1.165, 1.54) is 12.1 Å². The number of amides is 2. The summed E-state index contributed by atoms with van der Waals surface area (Å²) in [6, 6.07) is 6.19. The van der Waals surface area contributed by atoms with Gasteiger partial charge >= 0.3 is 0 Å². The molecule has 2 amide bonds. The molecule has 1 aliphatic rings. The first-order valence-corrected chi connectivity index (χ1v) is 7.33. The molecule has 0 bridgehead atoms. The minimum Gasteiger partial charge on any atom is -0.352 e. The molecular formula is C16H21FN2O2. The molecule has 21 heavy (non-hydrogen) atoms. The van der Waals surface area contributed by atoms with Crippen LogP contribution in [0.5, 0.6) is 0 Å². The van der Waals surface area contributed by atoms with Crippen LogP contribution in [0.2, 0.25) is 0 Å². The molecule has 1 aromatic rings. The van der Waals surface area contributed by atoms with Crippen molar-refractivity contribution in [3.63, 3.8) is 0 Å². The Morgan fingerprint density at radius 2 is 2.10 bits per heavy atom. The lowest BCUT2D eigenvalue weighted by atomic mass is 10.1. The van der Waals surface area contributed by atoms with E-state index in [1.54, 1.807) is 17.0 Å². The smallest absolute Gasteiger partial charge is 0.225 e. The van der Waals surface area contributed by atoms with Crippen molar-refractivity contribution in [3.05, 3.63) is 35.6 Å². The largest absolute Gasteiger partial charge is 0.352 e. The van der Waals surface area contributed by atoms with Crippen molar-refractivity contribution in [1.29, 1.82) is 0 Å². The molecule has 1 N–H and O–H groups in total. The van der Waals surface area contributed by atoms with E-state index in [0.717, 1.165) is 12.0 Å². The molecule has 2 atom stereocenters. The highest BCUT2D eigenvalue weighted by molar-refractivity contribution is 5.89. The average molecular weight is 292 g/mol. The number of hydrogen-bond acceptors (Lipinski definition) is 2. The topological polar surface area (TPSA) is 49.4 Å². The van der Waals surface area contributed by atoms with Gasteiger partial charge in [-0.1, -0.05) is 19.1 Å². The molecule has 1 fully saturated rings. The van der Waals surface area contributed by atoms with Gasteiger partial charge < -0.3 is 10.2 Å². The highest BCUT2D eigenvalue weighted by Gasteiger charge is 2.35. The Bertz CT molecular complexity index is 516. The predicted octanol–water partition coefficient (Wildman–Crippen LogP) is 2.09. The van der Waals surface area contributed by atoms with E-state index in [1.807, 2.05) is 13.8 Å². The van der Waals surface area contributed by atoms with Crippen molar-refractivity contribution in [3.8, 4) is 0 Å². The van der Waals surface area contributed by atoms with Crippen LogP contribution < -0.4 is 5.32 Å². The predicted molar refractivity (Wildman–Crippen MR) is 77.8 cm³/mol. The Morgan fingerprint density at radius 1 is 1.43 bits per heavy atom. The van der Waals surface area contributed by atoms with Crippen molar-refractivity contribution in [2.24, 2.45) is 5.92 Å². The van der Waals surface area contributed by atoms with E-state index < -0.39 is 0 Å². The lowest BCUT2D eigenvalue weighted by Crippen LogP contribution is -2.36. The van der Waals surface area contributed by atoms with Gasteiger partial charge in [-0.15, -0.1) is 0 Å². The summed E-state index contributed by atoms with van der Waals surface area (Å²) < 4.78 is 12.8. The molecule has 0 radical (unpaired) electrons. The van der Waals surface area contributed by atoms with Crippen molar-refractivity contribution < 1.29 is 14.0 Å². The van der Waals surface area contributed by atoms with Gasteiger partial charge in [0.15, 0.2) is 0 Å². The van der Waals surface area contributed by atoms with Crippen LogP contribution in [0.15, 0.2) is 24.3 Å². The third-order valence-electron chi connectivity index (χ3n) is 4.03. The first-order chi connectivity index (χ1) is 10.0. The van der Waals surface area contributed by atoms with E-state index in [0.29, 0.717) is 13.1 Å². The van der Waals surface area contributed by atoms with E-state index >= 15 is 0 Å². The maximum absolute atomic E-state index is 12.8. The van der Waals surface area contributed by atoms with E-state index in [-0.39, 0.29) is 36.0 Å². The zero-order chi connectivity index (χ0) is 15.4. The van der Waals surface area contributed by atoms with Crippen LogP contribution in [0.1, 0.15) is 32.3 Å². The van der Waals surface area contributed by atoms with Crippen LogP contribution in [0.3, 0.4) is 0 Å². The second-order valence-corrected chi connectivity index (χ2v) is 5.55. The molecule has 0 aliphatic carbocycles. The van der Waals surface area contributed by atoms with Crippen LogP contribution in [0.25, 0.3) is 0 Å². The second-order valence-electron chi connectivity index (χ2n) is 5.55. The van der Waals surface area contributed by atoms with Crippen molar-refractivity contribution in [2.45, 2.75) is 39.3 Å². The highest BCUT2D eigenvalue weighted by atomic mass is 19.1. The number of carbonyl (C=O) groups is 2. The molecule has 1 heterocycles.